The Hall–Kier alpha value is -2.07. The molecule has 0 radical (unpaired) electrons. The number of carbonyl (C=O) groups excluding carboxylic acids is 1. The summed E-state index contributed by atoms with van der Waals surface area (Å²) >= 11 is 1.24. The van der Waals surface area contributed by atoms with Crippen LogP contribution in [0.5, 0.6) is 0 Å². The highest BCUT2D eigenvalue weighted by Crippen LogP contribution is 2.30. The molecule has 6 nitrogen and oxygen atoms in total. The van der Waals surface area contributed by atoms with Crippen LogP contribution in [-0.2, 0) is 9.84 Å². The smallest absolute Gasteiger partial charge is 0.260 e. The molecule has 0 aliphatic carbocycles. The summed E-state index contributed by atoms with van der Waals surface area (Å²) in [7, 11) is 0.474. The Morgan fingerprint density at radius 1 is 1.10 bits per heavy atom. The van der Waals surface area contributed by atoms with Gasteiger partial charge in [-0.25, -0.2) is 17.8 Å². The van der Waals surface area contributed by atoms with Crippen molar-refractivity contribution in [2.45, 2.75) is 11.8 Å². The van der Waals surface area contributed by atoms with Gasteiger partial charge in [-0.15, -0.1) is 12.4 Å². The van der Waals surface area contributed by atoms with E-state index in [-0.39, 0.29) is 34.8 Å². The quantitative estimate of drug-likeness (QED) is 0.523. The molecule has 2 aromatic carbocycles. The SMILES string of the molecule is CCS(=O)(=O)c1ccc(C(=O)N(CCN(C)C)c2nc3ccc(F)cc3s2)cc1.Cl. The number of benzene rings is 2. The third-order valence-electron chi connectivity index (χ3n) is 4.43. The van der Waals surface area contributed by atoms with Gasteiger partial charge in [-0.1, -0.05) is 18.3 Å². The molecule has 3 rings (SSSR count). The fourth-order valence-electron chi connectivity index (χ4n) is 2.71. The molecular weight excluding hydrogens is 449 g/mol. The minimum absolute atomic E-state index is 0. The zero-order valence-corrected chi connectivity index (χ0v) is 19.3. The summed E-state index contributed by atoms with van der Waals surface area (Å²) in [6.45, 7) is 2.58. The van der Waals surface area contributed by atoms with Crippen LogP contribution < -0.4 is 4.90 Å². The van der Waals surface area contributed by atoms with Crippen LogP contribution in [0.2, 0.25) is 0 Å². The zero-order valence-electron chi connectivity index (χ0n) is 16.8. The number of fused-ring (bicyclic) bond motifs is 1. The van der Waals surface area contributed by atoms with Crippen molar-refractivity contribution in [3.8, 4) is 0 Å². The number of nitrogens with zero attached hydrogens (tertiary/aromatic N) is 3. The van der Waals surface area contributed by atoms with Crippen LogP contribution in [0.1, 0.15) is 17.3 Å². The number of carbonyl (C=O) groups is 1. The van der Waals surface area contributed by atoms with Gasteiger partial charge in [0.25, 0.3) is 5.91 Å². The first kappa shape index (κ1) is 24.2. The second-order valence-electron chi connectivity index (χ2n) is 6.80. The van der Waals surface area contributed by atoms with Gasteiger partial charge in [0.15, 0.2) is 15.0 Å². The fourth-order valence-corrected chi connectivity index (χ4v) is 4.61. The molecule has 30 heavy (non-hydrogen) atoms. The molecule has 0 aliphatic heterocycles. The lowest BCUT2D eigenvalue weighted by Crippen LogP contribution is -2.36. The third kappa shape index (κ3) is 5.34. The molecule has 0 fully saturated rings. The lowest BCUT2D eigenvalue weighted by atomic mass is 10.2. The maximum absolute atomic E-state index is 13.5. The molecule has 0 N–H and O–H groups in total. The van der Waals surface area contributed by atoms with Crippen molar-refractivity contribution in [2.24, 2.45) is 0 Å². The number of sulfone groups is 1. The van der Waals surface area contributed by atoms with E-state index in [0.717, 1.165) is 0 Å². The van der Waals surface area contributed by atoms with Gasteiger partial charge in [0, 0.05) is 18.7 Å². The van der Waals surface area contributed by atoms with Crippen LogP contribution >= 0.6 is 23.7 Å². The molecule has 10 heteroatoms. The Morgan fingerprint density at radius 3 is 2.37 bits per heavy atom. The molecule has 0 bridgehead atoms. The summed E-state index contributed by atoms with van der Waals surface area (Å²) in [6, 6.07) is 10.2. The molecule has 1 heterocycles. The maximum atomic E-state index is 13.5. The van der Waals surface area contributed by atoms with Crippen molar-refractivity contribution in [3.63, 3.8) is 0 Å². The van der Waals surface area contributed by atoms with E-state index in [0.29, 0.717) is 34.0 Å². The number of hydrogen-bond donors (Lipinski definition) is 0. The van der Waals surface area contributed by atoms with Crippen molar-refractivity contribution >= 4 is 54.8 Å². The maximum Gasteiger partial charge on any atom is 0.260 e. The molecule has 0 aliphatic rings. The number of halogens is 2. The first-order valence-electron chi connectivity index (χ1n) is 9.07. The van der Waals surface area contributed by atoms with Gasteiger partial charge in [-0.05, 0) is 56.6 Å². The molecule has 1 amide bonds. The predicted octanol–water partition coefficient (Wildman–Crippen LogP) is 3.86. The molecule has 0 saturated heterocycles. The molecule has 3 aromatic rings. The van der Waals surface area contributed by atoms with Crippen LogP contribution in [0.3, 0.4) is 0 Å². The highest BCUT2D eigenvalue weighted by molar-refractivity contribution is 7.91. The Bertz CT molecular complexity index is 1130. The first-order valence-corrected chi connectivity index (χ1v) is 11.5. The van der Waals surface area contributed by atoms with Crippen molar-refractivity contribution in [1.29, 1.82) is 0 Å². The minimum Gasteiger partial charge on any atom is -0.308 e. The third-order valence-corrected chi connectivity index (χ3v) is 7.22. The topological polar surface area (TPSA) is 70.6 Å². The fraction of sp³-hybridized carbons (Fsp3) is 0.300. The van der Waals surface area contributed by atoms with Gasteiger partial charge in [0.2, 0.25) is 0 Å². The average molecular weight is 472 g/mol. The van der Waals surface area contributed by atoms with Crippen LogP contribution in [0.4, 0.5) is 9.52 Å². The largest absolute Gasteiger partial charge is 0.308 e. The van der Waals surface area contributed by atoms with Gasteiger partial charge in [0.1, 0.15) is 5.82 Å². The predicted molar refractivity (Wildman–Crippen MR) is 121 cm³/mol. The standard InChI is InChI=1S/C20H22FN3O3S2.ClH/c1-4-29(26,27)16-8-5-14(6-9-16)19(25)24(12-11-23(2)3)20-22-17-10-7-15(21)13-18(17)28-20;/h5-10,13H,4,11-12H2,1-3H3;1H. The van der Waals surface area contributed by atoms with E-state index in [4.69, 9.17) is 0 Å². The highest BCUT2D eigenvalue weighted by Gasteiger charge is 2.22. The lowest BCUT2D eigenvalue weighted by Gasteiger charge is -2.22. The summed E-state index contributed by atoms with van der Waals surface area (Å²) in [5.41, 5.74) is 0.989. The molecule has 0 saturated carbocycles. The summed E-state index contributed by atoms with van der Waals surface area (Å²) in [5.74, 6) is -0.643. The monoisotopic (exact) mass is 471 g/mol. The van der Waals surface area contributed by atoms with Crippen molar-refractivity contribution in [1.82, 2.24) is 9.88 Å². The van der Waals surface area contributed by atoms with E-state index in [1.165, 1.54) is 47.7 Å². The van der Waals surface area contributed by atoms with E-state index >= 15 is 0 Å². The van der Waals surface area contributed by atoms with Gasteiger partial charge in [0.05, 0.1) is 20.9 Å². The molecule has 0 spiro atoms. The zero-order chi connectivity index (χ0) is 21.2. The van der Waals surface area contributed by atoms with Gasteiger partial charge >= 0.3 is 0 Å². The molecule has 1 aromatic heterocycles. The Kier molecular flexibility index (Phi) is 7.93. The lowest BCUT2D eigenvalue weighted by molar-refractivity contribution is 0.0985. The Labute approximate surface area is 185 Å². The van der Waals surface area contributed by atoms with E-state index in [1.807, 2.05) is 19.0 Å². The molecule has 162 valence electrons. The number of aromatic nitrogens is 1. The normalized spacial score (nSPS) is 11.5. The van der Waals surface area contributed by atoms with Crippen LogP contribution in [-0.4, -0.2) is 57.1 Å². The number of amides is 1. The van der Waals surface area contributed by atoms with Gasteiger partial charge in [-0.3, -0.25) is 9.69 Å². The molecular formula is C20H23ClFN3O3S2. The van der Waals surface area contributed by atoms with E-state index < -0.39 is 9.84 Å². The van der Waals surface area contributed by atoms with Gasteiger partial charge in [-0.2, -0.15) is 0 Å². The van der Waals surface area contributed by atoms with Crippen LogP contribution in [0, 0.1) is 5.82 Å². The number of thiazole rings is 1. The first-order chi connectivity index (χ1) is 13.7. The van der Waals surface area contributed by atoms with Crippen LogP contribution in [0.25, 0.3) is 10.2 Å². The molecule has 0 atom stereocenters. The van der Waals surface area contributed by atoms with Crippen molar-refractivity contribution < 1.29 is 17.6 Å². The number of rotatable bonds is 7. The van der Waals surface area contributed by atoms with E-state index in [2.05, 4.69) is 4.98 Å². The number of hydrogen-bond acceptors (Lipinski definition) is 6. The summed E-state index contributed by atoms with van der Waals surface area (Å²) in [5, 5.41) is 0.475. The Morgan fingerprint density at radius 2 is 1.77 bits per heavy atom. The average Bonchev–Trinajstić information content (AvgIpc) is 3.10. The highest BCUT2D eigenvalue weighted by atomic mass is 35.5. The minimum atomic E-state index is -3.33. The second kappa shape index (κ2) is 9.82. The van der Waals surface area contributed by atoms with E-state index in [9.17, 15) is 17.6 Å². The van der Waals surface area contributed by atoms with Crippen LogP contribution in [0.15, 0.2) is 47.4 Å². The van der Waals surface area contributed by atoms with Crippen molar-refractivity contribution in [3.05, 3.63) is 53.8 Å². The summed E-state index contributed by atoms with van der Waals surface area (Å²) in [6.07, 6.45) is 0. The number of anilines is 1. The number of likely N-dealkylation sites (N-methyl/N-ethyl adjacent to an activating group) is 1. The van der Waals surface area contributed by atoms with E-state index in [1.54, 1.807) is 17.9 Å². The van der Waals surface area contributed by atoms with Crippen molar-refractivity contribution in [2.75, 3.05) is 37.8 Å². The summed E-state index contributed by atoms with van der Waals surface area (Å²) < 4.78 is 38.2. The summed E-state index contributed by atoms with van der Waals surface area (Å²) in [4.78, 5) is 21.4. The van der Waals surface area contributed by atoms with Gasteiger partial charge < -0.3 is 4.90 Å². The second-order valence-corrected chi connectivity index (χ2v) is 10.1. The molecule has 0 unspecified atom stereocenters. The Balaban J connectivity index is 0.00000320.